The maximum absolute atomic E-state index is 12.8. The smallest absolute Gasteiger partial charge is 0.255 e. The Labute approximate surface area is 199 Å². The number of hydrogen-bond acceptors (Lipinski definition) is 4. The Hall–Kier alpha value is -2.57. The summed E-state index contributed by atoms with van der Waals surface area (Å²) < 4.78 is 6.02. The number of aromatic amines is 1. The summed E-state index contributed by atoms with van der Waals surface area (Å²) in [4.78, 5) is 22.6. The zero-order valence-electron chi connectivity index (χ0n) is 16.9. The van der Waals surface area contributed by atoms with Gasteiger partial charge < -0.3 is 9.40 Å². The molecule has 1 N–H and O–H groups in total. The van der Waals surface area contributed by atoms with E-state index in [1.165, 1.54) is 0 Å². The number of hydrogen-bond donors (Lipinski definition) is 1. The van der Waals surface area contributed by atoms with E-state index in [0.717, 1.165) is 34.9 Å². The Morgan fingerprint density at radius 2 is 1.75 bits per heavy atom. The van der Waals surface area contributed by atoms with E-state index in [1.807, 2.05) is 30.3 Å². The fourth-order valence-electron chi connectivity index (χ4n) is 3.85. The van der Waals surface area contributed by atoms with Crippen molar-refractivity contribution >= 4 is 34.8 Å². The second kappa shape index (κ2) is 8.75. The largest absolute Gasteiger partial charge is 0.460 e. The lowest BCUT2D eigenvalue weighted by molar-refractivity contribution is 0.223. The lowest BCUT2D eigenvalue weighted by atomic mass is 10.1. The first-order chi connectivity index (χ1) is 15.5. The van der Waals surface area contributed by atoms with E-state index in [0.29, 0.717) is 46.0 Å². The highest BCUT2D eigenvalue weighted by Gasteiger charge is 2.22. The molecule has 0 saturated heterocycles. The number of furan rings is 1. The molecule has 0 bridgehead atoms. The molecule has 0 fully saturated rings. The highest BCUT2D eigenvalue weighted by atomic mass is 35.5. The van der Waals surface area contributed by atoms with Gasteiger partial charge in [-0.1, -0.05) is 34.8 Å². The van der Waals surface area contributed by atoms with Gasteiger partial charge in [0.25, 0.3) is 5.56 Å². The van der Waals surface area contributed by atoms with Crippen LogP contribution in [0.1, 0.15) is 17.0 Å². The molecule has 8 heteroatoms. The van der Waals surface area contributed by atoms with Crippen molar-refractivity contribution in [3.8, 4) is 22.7 Å². The molecule has 3 heterocycles. The quantitative estimate of drug-likeness (QED) is 0.372. The summed E-state index contributed by atoms with van der Waals surface area (Å²) in [6, 6.07) is 16.5. The average molecular weight is 487 g/mol. The molecule has 5 nitrogen and oxygen atoms in total. The van der Waals surface area contributed by atoms with Crippen molar-refractivity contribution in [2.75, 3.05) is 6.54 Å². The molecule has 1 aliphatic rings. The zero-order chi connectivity index (χ0) is 22.2. The fraction of sp³-hybridized carbons (Fsp3) is 0.167. The first-order valence-corrected chi connectivity index (χ1v) is 11.2. The van der Waals surface area contributed by atoms with E-state index in [1.54, 1.807) is 24.3 Å². The van der Waals surface area contributed by atoms with Gasteiger partial charge in [-0.25, -0.2) is 4.98 Å². The predicted octanol–water partition coefficient (Wildman–Crippen LogP) is 6.22. The SMILES string of the molecule is O=c1[nH]c(-c2ccc(Cl)cc2)nc2c1CN(Cc1ccc(-c3ccc(Cl)c(Cl)c3)o1)CC2. The van der Waals surface area contributed by atoms with Crippen LogP contribution in [0.3, 0.4) is 0 Å². The van der Waals surface area contributed by atoms with Gasteiger partial charge in [-0.3, -0.25) is 9.69 Å². The summed E-state index contributed by atoms with van der Waals surface area (Å²) >= 11 is 18.1. The van der Waals surface area contributed by atoms with Crippen molar-refractivity contribution in [2.45, 2.75) is 19.5 Å². The van der Waals surface area contributed by atoms with E-state index in [4.69, 9.17) is 44.2 Å². The molecule has 0 aliphatic carbocycles. The number of aromatic nitrogens is 2. The van der Waals surface area contributed by atoms with Crippen LogP contribution >= 0.6 is 34.8 Å². The first-order valence-electron chi connectivity index (χ1n) is 10.1. The molecule has 4 aromatic rings. The first kappa shape index (κ1) is 21.3. The van der Waals surface area contributed by atoms with Gasteiger partial charge in [0.1, 0.15) is 17.3 Å². The molecule has 2 aromatic carbocycles. The van der Waals surface area contributed by atoms with Gasteiger partial charge in [-0.2, -0.15) is 0 Å². The van der Waals surface area contributed by atoms with Gasteiger partial charge in [0.05, 0.1) is 27.8 Å². The van der Waals surface area contributed by atoms with Crippen molar-refractivity contribution in [3.63, 3.8) is 0 Å². The Kier molecular flexibility index (Phi) is 5.82. The highest BCUT2D eigenvalue weighted by Crippen LogP contribution is 2.30. The number of fused-ring (bicyclic) bond motifs is 1. The molecule has 0 atom stereocenters. The molecule has 0 radical (unpaired) electrons. The van der Waals surface area contributed by atoms with E-state index < -0.39 is 0 Å². The Bertz CT molecular complexity index is 1350. The molecular formula is C24H18Cl3N3O2. The van der Waals surface area contributed by atoms with Crippen LogP contribution in [0.4, 0.5) is 0 Å². The number of benzene rings is 2. The number of H-pyrrole nitrogens is 1. The second-order valence-electron chi connectivity index (χ2n) is 7.70. The van der Waals surface area contributed by atoms with Crippen molar-refractivity contribution < 1.29 is 4.42 Å². The molecule has 32 heavy (non-hydrogen) atoms. The van der Waals surface area contributed by atoms with Crippen LogP contribution in [-0.2, 0) is 19.5 Å². The summed E-state index contributed by atoms with van der Waals surface area (Å²) in [5.74, 6) is 2.11. The zero-order valence-corrected chi connectivity index (χ0v) is 19.1. The van der Waals surface area contributed by atoms with Gasteiger partial charge in [-0.15, -0.1) is 0 Å². The Morgan fingerprint density at radius 1 is 0.969 bits per heavy atom. The van der Waals surface area contributed by atoms with E-state index >= 15 is 0 Å². The number of rotatable bonds is 4. The second-order valence-corrected chi connectivity index (χ2v) is 8.95. The fourth-order valence-corrected chi connectivity index (χ4v) is 4.27. The minimum atomic E-state index is -0.111. The van der Waals surface area contributed by atoms with Crippen molar-refractivity contribution in [1.29, 1.82) is 0 Å². The van der Waals surface area contributed by atoms with Gasteiger partial charge >= 0.3 is 0 Å². The summed E-state index contributed by atoms with van der Waals surface area (Å²) in [6.45, 7) is 1.90. The normalized spacial score (nSPS) is 13.8. The number of nitrogens with zero attached hydrogens (tertiary/aromatic N) is 2. The number of halogens is 3. The van der Waals surface area contributed by atoms with Crippen LogP contribution in [-0.4, -0.2) is 21.4 Å². The molecule has 5 rings (SSSR count). The summed E-state index contributed by atoms with van der Waals surface area (Å²) in [5.41, 5.74) is 3.13. The topological polar surface area (TPSA) is 62.1 Å². The van der Waals surface area contributed by atoms with Gasteiger partial charge in [0, 0.05) is 35.7 Å². The van der Waals surface area contributed by atoms with Gasteiger partial charge in [-0.05, 0) is 54.6 Å². The minimum absolute atomic E-state index is 0.111. The predicted molar refractivity (Wildman–Crippen MR) is 127 cm³/mol. The third kappa shape index (κ3) is 4.34. The van der Waals surface area contributed by atoms with Crippen LogP contribution in [0.5, 0.6) is 0 Å². The lowest BCUT2D eigenvalue weighted by Gasteiger charge is -2.26. The van der Waals surface area contributed by atoms with Crippen molar-refractivity contribution in [1.82, 2.24) is 14.9 Å². The van der Waals surface area contributed by atoms with E-state index in [9.17, 15) is 4.79 Å². The molecule has 162 valence electrons. The minimum Gasteiger partial charge on any atom is -0.460 e. The Balaban J connectivity index is 1.33. The van der Waals surface area contributed by atoms with Crippen molar-refractivity contribution in [3.05, 3.63) is 97.0 Å². The standard InChI is InChI=1S/C24H18Cl3N3O2/c25-16-4-1-14(2-5-16)23-28-21-9-10-30(13-18(21)24(31)29-23)12-17-6-8-22(32-17)15-3-7-19(26)20(27)11-15/h1-8,11H,9-10,12-13H2,(H,28,29,31). The highest BCUT2D eigenvalue weighted by molar-refractivity contribution is 6.42. The van der Waals surface area contributed by atoms with Crippen LogP contribution in [0.2, 0.25) is 15.1 Å². The van der Waals surface area contributed by atoms with Crippen LogP contribution in [0.25, 0.3) is 22.7 Å². The maximum Gasteiger partial charge on any atom is 0.255 e. The van der Waals surface area contributed by atoms with Crippen LogP contribution in [0.15, 0.2) is 63.8 Å². The number of nitrogens with one attached hydrogen (secondary N) is 1. The van der Waals surface area contributed by atoms with Crippen LogP contribution in [0, 0.1) is 0 Å². The third-order valence-corrected chi connectivity index (χ3v) is 6.50. The maximum atomic E-state index is 12.8. The van der Waals surface area contributed by atoms with E-state index in [-0.39, 0.29) is 5.56 Å². The molecule has 1 aliphatic heterocycles. The monoisotopic (exact) mass is 485 g/mol. The summed E-state index contributed by atoms with van der Waals surface area (Å²) in [6.07, 6.45) is 0.695. The van der Waals surface area contributed by atoms with Crippen LogP contribution < -0.4 is 5.56 Å². The molecule has 0 amide bonds. The van der Waals surface area contributed by atoms with E-state index in [2.05, 4.69) is 9.88 Å². The molecule has 0 spiro atoms. The summed E-state index contributed by atoms with van der Waals surface area (Å²) in [5, 5.41) is 1.64. The van der Waals surface area contributed by atoms with Crippen molar-refractivity contribution in [2.24, 2.45) is 0 Å². The molecule has 0 unspecified atom stereocenters. The Morgan fingerprint density at radius 3 is 2.53 bits per heavy atom. The molecule has 0 saturated carbocycles. The molecule has 2 aromatic heterocycles. The average Bonchev–Trinajstić information content (AvgIpc) is 3.25. The van der Waals surface area contributed by atoms with Gasteiger partial charge in [0.2, 0.25) is 0 Å². The van der Waals surface area contributed by atoms with Gasteiger partial charge in [0.15, 0.2) is 0 Å². The summed E-state index contributed by atoms with van der Waals surface area (Å²) in [7, 11) is 0. The third-order valence-electron chi connectivity index (χ3n) is 5.51. The lowest BCUT2D eigenvalue weighted by Crippen LogP contribution is -2.35. The molecular weight excluding hydrogens is 469 g/mol.